The second kappa shape index (κ2) is 9.24. The molecule has 3 aromatic rings. The number of halogens is 1. The van der Waals surface area contributed by atoms with E-state index in [1.54, 1.807) is 24.3 Å². The predicted molar refractivity (Wildman–Crippen MR) is 109 cm³/mol. The number of hydrogen-bond acceptors (Lipinski definition) is 2. The summed E-state index contributed by atoms with van der Waals surface area (Å²) in [6.07, 6.45) is 0. The van der Waals surface area contributed by atoms with E-state index in [4.69, 9.17) is 16.3 Å². The molecule has 0 aliphatic heterocycles. The number of rotatable bonds is 7. The molecule has 0 spiro atoms. The van der Waals surface area contributed by atoms with Gasteiger partial charge in [0, 0.05) is 22.7 Å². The molecule has 0 aromatic heterocycles. The minimum Gasteiger partial charge on any atom is -0.489 e. The summed E-state index contributed by atoms with van der Waals surface area (Å²) < 4.78 is 5.75. The first-order valence-electron chi connectivity index (χ1n) is 8.93. The fourth-order valence-corrected chi connectivity index (χ4v) is 2.92. The van der Waals surface area contributed by atoms with Crippen LogP contribution in [0.5, 0.6) is 5.75 Å². The Morgan fingerprint density at radius 2 is 1.63 bits per heavy atom. The minimum atomic E-state index is -0.0876. The molecule has 27 heavy (non-hydrogen) atoms. The lowest BCUT2D eigenvalue weighted by Crippen LogP contribution is -2.27. The van der Waals surface area contributed by atoms with Gasteiger partial charge in [0.2, 0.25) is 0 Å². The van der Waals surface area contributed by atoms with Crippen LogP contribution < -0.4 is 10.1 Å². The maximum atomic E-state index is 12.3. The average Bonchev–Trinajstić information content (AvgIpc) is 2.72. The van der Waals surface area contributed by atoms with Crippen LogP contribution in [0.2, 0.25) is 5.02 Å². The van der Waals surface area contributed by atoms with Gasteiger partial charge in [-0.25, -0.2) is 0 Å². The number of nitrogens with one attached hydrogen (secondary N) is 1. The van der Waals surface area contributed by atoms with Crippen molar-refractivity contribution >= 4 is 17.5 Å². The number of carbonyl (C=O) groups is 1. The molecule has 0 saturated heterocycles. The van der Waals surface area contributed by atoms with E-state index in [9.17, 15) is 4.79 Å². The Morgan fingerprint density at radius 3 is 2.33 bits per heavy atom. The van der Waals surface area contributed by atoms with E-state index in [1.807, 2.05) is 42.5 Å². The summed E-state index contributed by atoms with van der Waals surface area (Å²) in [5.74, 6) is 0.868. The predicted octanol–water partition coefficient (Wildman–Crippen LogP) is 5.45. The van der Waals surface area contributed by atoms with Crippen molar-refractivity contribution in [3.8, 4) is 5.75 Å². The van der Waals surface area contributed by atoms with Gasteiger partial charge in [0.05, 0.1) is 0 Å². The molecule has 3 rings (SSSR count). The molecule has 0 fully saturated rings. The van der Waals surface area contributed by atoms with Gasteiger partial charge in [-0.2, -0.15) is 0 Å². The van der Waals surface area contributed by atoms with Crippen molar-refractivity contribution in [2.75, 3.05) is 6.54 Å². The van der Waals surface area contributed by atoms with Crippen molar-refractivity contribution in [3.05, 3.63) is 101 Å². The van der Waals surface area contributed by atoms with E-state index >= 15 is 0 Å². The molecule has 138 valence electrons. The number of hydrogen-bond donors (Lipinski definition) is 1. The molecule has 3 nitrogen and oxygen atoms in total. The summed E-state index contributed by atoms with van der Waals surface area (Å²) in [6, 6.07) is 24.9. The second-order valence-corrected chi connectivity index (χ2v) is 6.83. The zero-order valence-corrected chi connectivity index (χ0v) is 15.9. The third-order valence-electron chi connectivity index (χ3n) is 4.41. The standard InChI is InChI=1S/C23H22ClNO2/c1-17(18-7-3-2-4-8-18)15-25-23(26)19-11-13-21(14-12-19)27-16-20-9-5-6-10-22(20)24/h2-14,17H,15-16H2,1H3,(H,25,26)/t17-/m1/s1. The van der Waals surface area contributed by atoms with Crippen molar-refractivity contribution in [2.45, 2.75) is 19.4 Å². The largest absolute Gasteiger partial charge is 0.489 e. The van der Waals surface area contributed by atoms with Crippen LogP contribution in [0.15, 0.2) is 78.9 Å². The zero-order chi connectivity index (χ0) is 19.1. The van der Waals surface area contributed by atoms with Gasteiger partial charge in [0.15, 0.2) is 0 Å². The highest BCUT2D eigenvalue weighted by molar-refractivity contribution is 6.31. The number of carbonyl (C=O) groups excluding carboxylic acids is 1. The van der Waals surface area contributed by atoms with Gasteiger partial charge >= 0.3 is 0 Å². The number of ether oxygens (including phenoxy) is 1. The normalized spacial score (nSPS) is 11.6. The van der Waals surface area contributed by atoms with E-state index in [1.165, 1.54) is 5.56 Å². The Balaban J connectivity index is 1.52. The number of benzene rings is 3. The van der Waals surface area contributed by atoms with Crippen LogP contribution in [-0.4, -0.2) is 12.5 Å². The fraction of sp³-hybridized carbons (Fsp3) is 0.174. The molecule has 1 amide bonds. The summed E-state index contributed by atoms with van der Waals surface area (Å²) in [5.41, 5.74) is 2.75. The molecule has 0 radical (unpaired) electrons. The molecular weight excluding hydrogens is 358 g/mol. The van der Waals surface area contributed by atoms with E-state index < -0.39 is 0 Å². The first kappa shape index (κ1) is 19.0. The van der Waals surface area contributed by atoms with E-state index in [2.05, 4.69) is 24.4 Å². The van der Waals surface area contributed by atoms with Gasteiger partial charge in [-0.3, -0.25) is 4.79 Å². The molecule has 4 heteroatoms. The molecule has 0 bridgehead atoms. The molecule has 0 aliphatic carbocycles. The van der Waals surface area contributed by atoms with Gasteiger partial charge in [-0.1, -0.05) is 67.1 Å². The maximum absolute atomic E-state index is 12.3. The summed E-state index contributed by atoms with van der Waals surface area (Å²) in [7, 11) is 0. The van der Waals surface area contributed by atoms with Crippen molar-refractivity contribution < 1.29 is 9.53 Å². The van der Waals surface area contributed by atoms with E-state index in [0.717, 1.165) is 5.56 Å². The maximum Gasteiger partial charge on any atom is 0.251 e. The highest BCUT2D eigenvalue weighted by atomic mass is 35.5. The first-order chi connectivity index (χ1) is 13.1. The third kappa shape index (κ3) is 5.35. The Labute approximate surface area is 164 Å². The Morgan fingerprint density at radius 1 is 0.963 bits per heavy atom. The highest BCUT2D eigenvalue weighted by Crippen LogP contribution is 2.19. The van der Waals surface area contributed by atoms with Crippen LogP contribution in [-0.2, 0) is 6.61 Å². The molecule has 1 N–H and O–H groups in total. The minimum absolute atomic E-state index is 0.0876. The quantitative estimate of drug-likeness (QED) is 0.592. The van der Waals surface area contributed by atoms with Crippen molar-refractivity contribution in [1.82, 2.24) is 5.32 Å². The van der Waals surface area contributed by atoms with Crippen LogP contribution in [0.4, 0.5) is 0 Å². The third-order valence-corrected chi connectivity index (χ3v) is 4.77. The van der Waals surface area contributed by atoms with Crippen LogP contribution in [0.1, 0.15) is 34.3 Å². The summed E-state index contributed by atoms with van der Waals surface area (Å²) in [5, 5.41) is 3.67. The molecule has 1 atom stereocenters. The average molecular weight is 380 g/mol. The fourth-order valence-electron chi connectivity index (χ4n) is 2.73. The molecule has 0 unspecified atom stereocenters. The highest BCUT2D eigenvalue weighted by Gasteiger charge is 2.09. The van der Waals surface area contributed by atoms with Gasteiger partial charge in [0.25, 0.3) is 5.91 Å². The van der Waals surface area contributed by atoms with Gasteiger partial charge in [0.1, 0.15) is 12.4 Å². The van der Waals surface area contributed by atoms with Gasteiger partial charge in [-0.05, 0) is 41.8 Å². The molecule has 0 heterocycles. The van der Waals surface area contributed by atoms with Crippen LogP contribution in [0.25, 0.3) is 0 Å². The number of amides is 1. The van der Waals surface area contributed by atoms with Gasteiger partial charge in [-0.15, -0.1) is 0 Å². The van der Waals surface area contributed by atoms with Crippen LogP contribution >= 0.6 is 11.6 Å². The van der Waals surface area contributed by atoms with Crippen LogP contribution in [0, 0.1) is 0 Å². The molecule has 0 saturated carbocycles. The summed E-state index contributed by atoms with van der Waals surface area (Å²) in [4.78, 5) is 12.3. The Kier molecular flexibility index (Phi) is 6.50. The van der Waals surface area contributed by atoms with Crippen LogP contribution in [0.3, 0.4) is 0 Å². The van der Waals surface area contributed by atoms with Crippen molar-refractivity contribution in [3.63, 3.8) is 0 Å². The lowest BCUT2D eigenvalue weighted by atomic mass is 10.0. The Hall–Kier alpha value is -2.78. The zero-order valence-electron chi connectivity index (χ0n) is 15.2. The topological polar surface area (TPSA) is 38.3 Å². The summed E-state index contributed by atoms with van der Waals surface area (Å²) >= 11 is 6.13. The summed E-state index contributed by atoms with van der Waals surface area (Å²) in [6.45, 7) is 3.08. The molecular formula is C23H22ClNO2. The SMILES string of the molecule is C[C@H](CNC(=O)c1ccc(OCc2ccccc2Cl)cc1)c1ccccc1. The monoisotopic (exact) mass is 379 g/mol. The van der Waals surface area contributed by atoms with E-state index in [0.29, 0.717) is 29.5 Å². The smallest absolute Gasteiger partial charge is 0.251 e. The van der Waals surface area contributed by atoms with Gasteiger partial charge < -0.3 is 10.1 Å². The first-order valence-corrected chi connectivity index (χ1v) is 9.30. The lowest BCUT2D eigenvalue weighted by molar-refractivity contribution is 0.0951. The van der Waals surface area contributed by atoms with Crippen molar-refractivity contribution in [2.24, 2.45) is 0 Å². The molecule has 0 aliphatic rings. The van der Waals surface area contributed by atoms with Crippen molar-refractivity contribution in [1.29, 1.82) is 0 Å². The Bertz CT molecular complexity index is 878. The lowest BCUT2D eigenvalue weighted by Gasteiger charge is -2.13. The second-order valence-electron chi connectivity index (χ2n) is 6.43. The molecule has 3 aromatic carbocycles. The van der Waals surface area contributed by atoms with E-state index in [-0.39, 0.29) is 11.8 Å².